The maximum Gasteiger partial charge on any atom is 0.277 e. The zero-order chi connectivity index (χ0) is 17.6. The van der Waals surface area contributed by atoms with Gasteiger partial charge in [-0.25, -0.2) is 9.98 Å². The van der Waals surface area contributed by atoms with Gasteiger partial charge in [0, 0.05) is 16.2 Å². The summed E-state index contributed by atoms with van der Waals surface area (Å²) in [7, 11) is 0. The average Bonchev–Trinajstić information content (AvgIpc) is 2.65. The van der Waals surface area contributed by atoms with Gasteiger partial charge in [-0.3, -0.25) is 9.59 Å². The monoisotopic (exact) mass is 348 g/mol. The Hall–Kier alpha value is -3.11. The SMILES string of the molecule is O=C(N=C1C=CC(Cl)=CC1=NC(=O)c1ccccc1)c1ccccc1. The van der Waals surface area contributed by atoms with Gasteiger partial charge in [-0.2, -0.15) is 0 Å². The number of allylic oxidation sites excluding steroid dienone is 4. The van der Waals surface area contributed by atoms with Gasteiger partial charge in [0.05, 0.1) is 11.4 Å². The number of aliphatic imine (C=N–C) groups is 2. The quantitative estimate of drug-likeness (QED) is 0.762. The van der Waals surface area contributed by atoms with Crippen molar-refractivity contribution < 1.29 is 9.59 Å². The summed E-state index contributed by atoms with van der Waals surface area (Å²) >= 11 is 6.00. The third kappa shape index (κ3) is 4.25. The smallest absolute Gasteiger partial charge is 0.267 e. The Morgan fingerprint density at radius 3 is 1.68 bits per heavy atom. The second-order valence-electron chi connectivity index (χ2n) is 5.20. The van der Waals surface area contributed by atoms with Gasteiger partial charge < -0.3 is 0 Å². The molecular weight excluding hydrogens is 336 g/mol. The molecule has 0 spiro atoms. The first-order valence-corrected chi connectivity index (χ1v) is 7.93. The van der Waals surface area contributed by atoms with Gasteiger partial charge in [0.2, 0.25) is 0 Å². The van der Waals surface area contributed by atoms with Crippen molar-refractivity contribution in [2.45, 2.75) is 0 Å². The molecule has 5 heteroatoms. The van der Waals surface area contributed by atoms with E-state index in [1.807, 2.05) is 12.1 Å². The third-order valence-corrected chi connectivity index (χ3v) is 3.66. The first-order valence-electron chi connectivity index (χ1n) is 7.55. The Labute approximate surface area is 149 Å². The van der Waals surface area contributed by atoms with Crippen LogP contribution in [0.1, 0.15) is 20.7 Å². The van der Waals surface area contributed by atoms with Crippen molar-refractivity contribution in [3.05, 3.63) is 95.1 Å². The van der Waals surface area contributed by atoms with E-state index in [0.29, 0.717) is 21.9 Å². The zero-order valence-corrected chi connectivity index (χ0v) is 13.9. The van der Waals surface area contributed by atoms with Crippen LogP contribution in [-0.4, -0.2) is 23.2 Å². The molecule has 2 aromatic carbocycles. The molecule has 1 aliphatic rings. The van der Waals surface area contributed by atoms with Crippen LogP contribution in [0.3, 0.4) is 0 Å². The summed E-state index contributed by atoms with van der Waals surface area (Å²) in [5.74, 6) is -0.835. The Balaban J connectivity index is 1.94. The highest BCUT2D eigenvalue weighted by Gasteiger charge is 2.15. The lowest BCUT2D eigenvalue weighted by molar-refractivity contribution is 0.0993. The van der Waals surface area contributed by atoms with Gasteiger partial charge in [0.1, 0.15) is 0 Å². The molecule has 0 aromatic heterocycles. The highest BCUT2D eigenvalue weighted by atomic mass is 35.5. The number of rotatable bonds is 2. The van der Waals surface area contributed by atoms with Gasteiger partial charge in [-0.1, -0.05) is 48.0 Å². The van der Waals surface area contributed by atoms with Crippen LogP contribution >= 0.6 is 11.6 Å². The number of benzene rings is 2. The lowest BCUT2D eigenvalue weighted by Gasteiger charge is -2.07. The Morgan fingerprint density at radius 2 is 1.16 bits per heavy atom. The fraction of sp³-hybridized carbons (Fsp3) is 0. The van der Waals surface area contributed by atoms with Crippen LogP contribution in [0.5, 0.6) is 0 Å². The first kappa shape index (κ1) is 16.7. The van der Waals surface area contributed by atoms with Crippen LogP contribution in [0.15, 0.2) is 93.9 Å². The van der Waals surface area contributed by atoms with Crippen molar-refractivity contribution in [1.29, 1.82) is 0 Å². The number of hydrogen-bond donors (Lipinski definition) is 0. The molecule has 0 unspecified atom stereocenters. The van der Waals surface area contributed by atoms with E-state index in [2.05, 4.69) is 9.98 Å². The average molecular weight is 349 g/mol. The highest BCUT2D eigenvalue weighted by molar-refractivity contribution is 6.55. The maximum atomic E-state index is 12.3. The molecule has 25 heavy (non-hydrogen) atoms. The minimum atomic E-state index is -0.425. The van der Waals surface area contributed by atoms with Crippen LogP contribution in [-0.2, 0) is 0 Å². The second-order valence-corrected chi connectivity index (χ2v) is 5.64. The number of hydrogen-bond acceptors (Lipinski definition) is 2. The molecular formula is C20H13ClN2O2. The number of carbonyl (C=O) groups is 2. The highest BCUT2D eigenvalue weighted by Crippen LogP contribution is 2.13. The van der Waals surface area contributed by atoms with Crippen LogP contribution in [0, 0.1) is 0 Å². The summed E-state index contributed by atoms with van der Waals surface area (Å²) in [6, 6.07) is 17.3. The zero-order valence-electron chi connectivity index (χ0n) is 13.1. The third-order valence-electron chi connectivity index (χ3n) is 3.42. The van der Waals surface area contributed by atoms with Crippen molar-refractivity contribution in [2.75, 3.05) is 0 Å². The molecule has 0 bridgehead atoms. The number of halogens is 1. The van der Waals surface area contributed by atoms with Gasteiger partial charge in [-0.15, -0.1) is 0 Å². The summed E-state index contributed by atoms with van der Waals surface area (Å²) in [5, 5.41) is 0.408. The molecule has 0 N–H and O–H groups in total. The topological polar surface area (TPSA) is 58.9 Å². The van der Waals surface area contributed by atoms with Gasteiger partial charge in [-0.05, 0) is 42.5 Å². The van der Waals surface area contributed by atoms with E-state index in [-0.39, 0.29) is 5.71 Å². The van der Waals surface area contributed by atoms with E-state index in [0.717, 1.165) is 0 Å². The normalized spacial score (nSPS) is 16.8. The Kier molecular flexibility index (Phi) is 5.11. The van der Waals surface area contributed by atoms with E-state index < -0.39 is 11.8 Å². The van der Waals surface area contributed by atoms with Crippen LogP contribution in [0.4, 0.5) is 0 Å². The van der Waals surface area contributed by atoms with E-state index in [1.54, 1.807) is 60.7 Å². The van der Waals surface area contributed by atoms with Crippen molar-refractivity contribution in [1.82, 2.24) is 0 Å². The minimum absolute atomic E-state index is 0.255. The summed E-state index contributed by atoms with van der Waals surface area (Å²) in [6.45, 7) is 0. The molecule has 0 saturated heterocycles. The molecule has 3 rings (SSSR count). The molecule has 2 aromatic rings. The van der Waals surface area contributed by atoms with E-state index in [1.165, 1.54) is 6.08 Å². The van der Waals surface area contributed by atoms with Crippen molar-refractivity contribution in [3.8, 4) is 0 Å². The molecule has 0 radical (unpaired) electrons. The predicted molar refractivity (Wildman–Crippen MR) is 99.5 cm³/mol. The number of carbonyl (C=O) groups excluding carboxylic acids is 2. The summed E-state index contributed by atoms with van der Waals surface area (Å²) in [4.78, 5) is 32.7. The molecule has 0 aliphatic heterocycles. The largest absolute Gasteiger partial charge is 0.277 e. The van der Waals surface area contributed by atoms with Crippen molar-refractivity contribution >= 4 is 34.8 Å². The number of nitrogens with zero attached hydrogens (tertiary/aromatic N) is 2. The van der Waals surface area contributed by atoms with E-state index in [4.69, 9.17) is 11.6 Å². The Bertz CT molecular complexity index is 927. The lowest BCUT2D eigenvalue weighted by Crippen LogP contribution is -2.17. The Morgan fingerprint density at radius 1 is 0.680 bits per heavy atom. The van der Waals surface area contributed by atoms with E-state index in [9.17, 15) is 9.59 Å². The molecule has 2 amide bonds. The molecule has 122 valence electrons. The van der Waals surface area contributed by atoms with Gasteiger partial charge >= 0.3 is 0 Å². The first-order chi connectivity index (χ1) is 12.1. The van der Waals surface area contributed by atoms with E-state index >= 15 is 0 Å². The fourth-order valence-electron chi connectivity index (χ4n) is 2.19. The van der Waals surface area contributed by atoms with Crippen molar-refractivity contribution in [3.63, 3.8) is 0 Å². The molecule has 4 nitrogen and oxygen atoms in total. The summed E-state index contributed by atoms with van der Waals surface area (Å²) in [6.07, 6.45) is 4.68. The predicted octanol–water partition coefficient (Wildman–Crippen LogP) is 4.24. The van der Waals surface area contributed by atoms with Crippen LogP contribution in [0.2, 0.25) is 0 Å². The van der Waals surface area contributed by atoms with Crippen LogP contribution < -0.4 is 0 Å². The fourth-order valence-corrected chi connectivity index (χ4v) is 2.36. The van der Waals surface area contributed by atoms with Gasteiger partial charge in [0.15, 0.2) is 0 Å². The molecule has 0 atom stereocenters. The summed E-state index contributed by atoms with van der Waals surface area (Å²) < 4.78 is 0. The van der Waals surface area contributed by atoms with Gasteiger partial charge in [0.25, 0.3) is 11.8 Å². The van der Waals surface area contributed by atoms with Crippen LogP contribution in [0.25, 0.3) is 0 Å². The second kappa shape index (κ2) is 7.64. The summed E-state index contributed by atoms with van der Waals surface area (Å²) in [5.41, 5.74) is 1.45. The molecule has 0 saturated carbocycles. The molecule has 1 aliphatic carbocycles. The number of amides is 2. The minimum Gasteiger partial charge on any atom is -0.267 e. The lowest BCUT2D eigenvalue weighted by atomic mass is 10.1. The standard InChI is InChI=1S/C20H13ClN2O2/c21-16-11-12-17(22-19(24)14-7-3-1-4-8-14)18(13-16)23-20(25)15-9-5-2-6-10-15/h1-13H. The molecule has 0 heterocycles. The molecule has 0 fully saturated rings. The van der Waals surface area contributed by atoms with Crippen molar-refractivity contribution in [2.24, 2.45) is 9.98 Å². The maximum absolute atomic E-state index is 12.3.